The Morgan fingerprint density at radius 3 is 2.38 bits per heavy atom. The fourth-order valence-electron chi connectivity index (χ4n) is 1.62. The maximum absolute atomic E-state index is 5.51. The topological polar surface area (TPSA) is 9.23 Å². The average molecular weight is 174 g/mol. The van der Waals surface area contributed by atoms with E-state index in [1.165, 1.54) is 11.1 Å². The van der Waals surface area contributed by atoms with Crippen LogP contribution in [-0.4, -0.2) is 0 Å². The summed E-state index contributed by atoms with van der Waals surface area (Å²) >= 11 is 0. The zero-order valence-electron chi connectivity index (χ0n) is 8.03. The summed E-state index contributed by atoms with van der Waals surface area (Å²) in [5, 5.41) is 0. The Hall–Kier alpha value is -1.24. The Bertz CT molecular complexity index is 310. The highest BCUT2D eigenvalue weighted by Gasteiger charge is 2.21. The lowest BCUT2D eigenvalue weighted by Gasteiger charge is -2.15. The molecule has 1 aromatic rings. The number of hydrogen-bond acceptors (Lipinski definition) is 1. The largest absolute Gasteiger partial charge is 0.493 e. The van der Waals surface area contributed by atoms with E-state index < -0.39 is 0 Å². The van der Waals surface area contributed by atoms with Crippen molar-refractivity contribution in [1.82, 2.24) is 0 Å². The Morgan fingerprint density at radius 1 is 1.15 bits per heavy atom. The second-order valence-electron chi connectivity index (χ2n) is 3.66. The van der Waals surface area contributed by atoms with Gasteiger partial charge in [0.15, 0.2) is 0 Å². The first-order valence-corrected chi connectivity index (χ1v) is 4.66. The van der Waals surface area contributed by atoms with Gasteiger partial charge in [-0.3, -0.25) is 0 Å². The van der Waals surface area contributed by atoms with Gasteiger partial charge in [-0.05, 0) is 18.6 Å². The van der Waals surface area contributed by atoms with E-state index in [1.54, 1.807) is 6.26 Å². The minimum absolute atomic E-state index is 0.223. The second kappa shape index (κ2) is 3.25. The van der Waals surface area contributed by atoms with Crippen molar-refractivity contribution in [3.63, 3.8) is 0 Å². The van der Waals surface area contributed by atoms with Gasteiger partial charge in [-0.2, -0.15) is 0 Å². The molecule has 1 heteroatoms. The molecule has 0 fully saturated rings. The molecule has 68 valence electrons. The van der Waals surface area contributed by atoms with Crippen molar-refractivity contribution >= 4 is 0 Å². The van der Waals surface area contributed by atoms with Crippen LogP contribution in [0.2, 0.25) is 0 Å². The van der Waals surface area contributed by atoms with Gasteiger partial charge in [0.25, 0.3) is 0 Å². The summed E-state index contributed by atoms with van der Waals surface area (Å²) in [5.74, 6) is 0.489. The van der Waals surface area contributed by atoms with E-state index in [2.05, 4.69) is 44.2 Å². The Kier molecular flexibility index (Phi) is 2.09. The van der Waals surface area contributed by atoms with E-state index in [1.807, 2.05) is 0 Å². The van der Waals surface area contributed by atoms with Gasteiger partial charge in [-0.15, -0.1) is 0 Å². The summed E-state index contributed by atoms with van der Waals surface area (Å²) in [5.41, 5.74) is 2.56. The van der Waals surface area contributed by atoms with Crippen LogP contribution in [-0.2, 0) is 4.74 Å². The summed E-state index contributed by atoms with van der Waals surface area (Å²) in [6.07, 6.45) is 4.13. The van der Waals surface area contributed by atoms with Crippen molar-refractivity contribution in [2.45, 2.75) is 20.0 Å². The summed E-state index contributed by atoms with van der Waals surface area (Å²) in [4.78, 5) is 0. The number of rotatable bonds is 1. The molecule has 0 aromatic heterocycles. The molecule has 1 aromatic carbocycles. The van der Waals surface area contributed by atoms with Gasteiger partial charge in [-0.25, -0.2) is 0 Å². The van der Waals surface area contributed by atoms with Crippen LogP contribution in [0.4, 0.5) is 0 Å². The normalized spacial score (nSPS) is 26.0. The second-order valence-corrected chi connectivity index (χ2v) is 3.66. The molecule has 1 heterocycles. The van der Waals surface area contributed by atoms with Gasteiger partial charge in [0.05, 0.1) is 6.26 Å². The van der Waals surface area contributed by atoms with Crippen molar-refractivity contribution in [3.05, 3.63) is 47.7 Å². The molecule has 0 N–H and O–H groups in total. The fraction of sp³-hybridized carbons (Fsp3) is 0.333. The molecule has 0 aliphatic carbocycles. The highest BCUT2D eigenvalue weighted by Crippen LogP contribution is 2.31. The lowest BCUT2D eigenvalue weighted by Crippen LogP contribution is -2.03. The van der Waals surface area contributed by atoms with Gasteiger partial charge in [0.1, 0.15) is 6.10 Å². The standard InChI is InChI=1S/C12H14O/c1-9-3-5-11(6-4-9)12-10(2)7-8-13-12/h3-8,10,12H,1-2H3/t10-,12-/m1/s1. The Labute approximate surface area is 79.0 Å². The molecule has 1 nitrogen and oxygen atoms in total. The third-order valence-corrected chi connectivity index (χ3v) is 2.49. The number of hydrogen-bond donors (Lipinski definition) is 0. The molecule has 0 saturated carbocycles. The van der Waals surface area contributed by atoms with E-state index >= 15 is 0 Å². The predicted molar refractivity (Wildman–Crippen MR) is 53.3 cm³/mol. The molecule has 0 unspecified atom stereocenters. The molecule has 0 spiro atoms. The average Bonchev–Trinajstić information content (AvgIpc) is 2.53. The maximum Gasteiger partial charge on any atom is 0.129 e. The molecule has 0 saturated heterocycles. The van der Waals surface area contributed by atoms with Gasteiger partial charge in [0, 0.05) is 5.92 Å². The van der Waals surface area contributed by atoms with Crippen LogP contribution in [0.5, 0.6) is 0 Å². The minimum atomic E-state index is 0.223. The van der Waals surface area contributed by atoms with Gasteiger partial charge < -0.3 is 4.74 Å². The predicted octanol–water partition coefficient (Wildman–Crippen LogP) is 3.22. The first-order chi connectivity index (χ1) is 6.27. The van der Waals surface area contributed by atoms with Crippen molar-refractivity contribution in [2.75, 3.05) is 0 Å². The van der Waals surface area contributed by atoms with Crippen molar-refractivity contribution in [3.8, 4) is 0 Å². The van der Waals surface area contributed by atoms with Crippen LogP contribution in [0.25, 0.3) is 0 Å². The van der Waals surface area contributed by atoms with Gasteiger partial charge in [0.2, 0.25) is 0 Å². The van der Waals surface area contributed by atoms with Crippen molar-refractivity contribution in [1.29, 1.82) is 0 Å². The number of benzene rings is 1. The van der Waals surface area contributed by atoms with Crippen molar-refractivity contribution < 1.29 is 4.74 Å². The zero-order valence-corrected chi connectivity index (χ0v) is 8.03. The monoisotopic (exact) mass is 174 g/mol. The first-order valence-electron chi connectivity index (χ1n) is 4.66. The number of ether oxygens (including phenoxy) is 1. The minimum Gasteiger partial charge on any atom is -0.493 e. The highest BCUT2D eigenvalue weighted by molar-refractivity contribution is 5.25. The van der Waals surface area contributed by atoms with Crippen LogP contribution in [0.15, 0.2) is 36.6 Å². The molecule has 0 amide bonds. The fourth-order valence-corrected chi connectivity index (χ4v) is 1.62. The molecule has 0 radical (unpaired) electrons. The molecular weight excluding hydrogens is 160 g/mol. The van der Waals surface area contributed by atoms with Crippen LogP contribution >= 0.6 is 0 Å². The Morgan fingerprint density at radius 2 is 1.85 bits per heavy atom. The third kappa shape index (κ3) is 1.59. The van der Waals surface area contributed by atoms with E-state index in [9.17, 15) is 0 Å². The van der Waals surface area contributed by atoms with E-state index in [-0.39, 0.29) is 6.10 Å². The quantitative estimate of drug-likeness (QED) is 0.635. The van der Waals surface area contributed by atoms with E-state index in [0.717, 1.165) is 0 Å². The summed E-state index contributed by atoms with van der Waals surface area (Å²) < 4.78 is 5.51. The maximum atomic E-state index is 5.51. The Balaban J connectivity index is 2.21. The molecule has 1 aliphatic rings. The molecule has 2 atom stereocenters. The van der Waals surface area contributed by atoms with E-state index in [4.69, 9.17) is 4.74 Å². The molecular formula is C12H14O. The number of aryl methyl sites for hydroxylation is 1. The molecule has 1 aliphatic heterocycles. The molecule has 2 rings (SSSR count). The summed E-state index contributed by atoms with van der Waals surface area (Å²) in [7, 11) is 0. The highest BCUT2D eigenvalue weighted by atomic mass is 16.5. The summed E-state index contributed by atoms with van der Waals surface area (Å²) in [6, 6.07) is 8.54. The smallest absolute Gasteiger partial charge is 0.129 e. The lowest BCUT2D eigenvalue weighted by atomic mass is 9.98. The van der Waals surface area contributed by atoms with Crippen LogP contribution < -0.4 is 0 Å². The third-order valence-electron chi connectivity index (χ3n) is 2.49. The molecule has 0 bridgehead atoms. The van der Waals surface area contributed by atoms with Gasteiger partial charge >= 0.3 is 0 Å². The van der Waals surface area contributed by atoms with Gasteiger partial charge in [-0.1, -0.05) is 36.8 Å². The van der Waals surface area contributed by atoms with Crippen LogP contribution in [0.1, 0.15) is 24.2 Å². The first kappa shape index (κ1) is 8.36. The SMILES string of the molecule is Cc1ccc([C@@H]2OC=C[C@H]2C)cc1. The van der Waals surface area contributed by atoms with Crippen molar-refractivity contribution in [2.24, 2.45) is 5.92 Å². The summed E-state index contributed by atoms with van der Waals surface area (Å²) in [6.45, 7) is 4.27. The zero-order chi connectivity index (χ0) is 9.26. The van der Waals surface area contributed by atoms with Crippen LogP contribution in [0.3, 0.4) is 0 Å². The van der Waals surface area contributed by atoms with E-state index in [0.29, 0.717) is 5.92 Å². The van der Waals surface area contributed by atoms with Crippen LogP contribution in [0, 0.1) is 12.8 Å². The lowest BCUT2D eigenvalue weighted by molar-refractivity contribution is 0.142. The molecule has 13 heavy (non-hydrogen) atoms.